The second-order valence-corrected chi connectivity index (χ2v) is 6.39. The highest BCUT2D eigenvalue weighted by atomic mass is 32.2. The van der Waals surface area contributed by atoms with E-state index in [-0.39, 0.29) is 11.6 Å². The monoisotopic (exact) mass is 308 g/mol. The van der Waals surface area contributed by atoms with Gasteiger partial charge in [0.1, 0.15) is 5.52 Å². The van der Waals surface area contributed by atoms with E-state index < -0.39 is 5.97 Å². The Morgan fingerprint density at radius 2 is 2.19 bits per heavy atom. The maximum absolute atomic E-state index is 13.9. The molecule has 3 rings (SSSR count). The zero-order chi connectivity index (χ0) is 14.8. The van der Waals surface area contributed by atoms with Crippen molar-refractivity contribution in [3.63, 3.8) is 0 Å². The average Bonchev–Trinajstić information content (AvgIpc) is 3.07. The molecule has 4 nitrogen and oxygen atoms in total. The van der Waals surface area contributed by atoms with Crippen LogP contribution in [0.3, 0.4) is 0 Å². The van der Waals surface area contributed by atoms with Crippen molar-refractivity contribution in [2.45, 2.75) is 37.4 Å². The second-order valence-electron chi connectivity index (χ2n) is 5.45. The number of benzene rings is 1. The molecule has 0 unspecified atom stereocenters. The van der Waals surface area contributed by atoms with Crippen molar-refractivity contribution in [3.05, 3.63) is 24.0 Å². The zero-order valence-electron chi connectivity index (χ0n) is 11.6. The normalized spacial score (nSPS) is 15.9. The van der Waals surface area contributed by atoms with Crippen LogP contribution in [0.2, 0.25) is 0 Å². The van der Waals surface area contributed by atoms with Gasteiger partial charge in [0.05, 0.1) is 11.3 Å². The second kappa shape index (κ2) is 6.05. The summed E-state index contributed by atoms with van der Waals surface area (Å²) in [7, 11) is 0. The van der Waals surface area contributed by atoms with Gasteiger partial charge in [-0.3, -0.25) is 4.79 Å². The number of rotatable bonds is 5. The molecule has 2 aromatic rings. The number of imidazole rings is 1. The summed E-state index contributed by atoms with van der Waals surface area (Å²) in [6, 6.07) is 4.92. The van der Waals surface area contributed by atoms with Gasteiger partial charge in [-0.1, -0.05) is 30.7 Å². The molecule has 1 aliphatic rings. The third-order valence-corrected chi connectivity index (χ3v) is 4.90. The molecular formula is C15H17FN2O2S. The van der Waals surface area contributed by atoms with Crippen LogP contribution in [0.5, 0.6) is 0 Å². The first kappa shape index (κ1) is 14.4. The molecule has 0 aliphatic heterocycles. The van der Waals surface area contributed by atoms with E-state index in [0.29, 0.717) is 16.6 Å². The summed E-state index contributed by atoms with van der Waals surface area (Å²) in [5.74, 6) is -0.722. The van der Waals surface area contributed by atoms with Gasteiger partial charge in [0.2, 0.25) is 0 Å². The number of aromatic nitrogens is 2. The molecule has 0 radical (unpaired) electrons. The van der Waals surface area contributed by atoms with Crippen molar-refractivity contribution in [2.24, 2.45) is 5.92 Å². The zero-order valence-corrected chi connectivity index (χ0v) is 12.4. The molecule has 0 atom stereocenters. The number of hydrogen-bond donors (Lipinski definition) is 1. The Hall–Kier alpha value is -1.56. The molecule has 0 saturated heterocycles. The number of fused-ring (bicyclic) bond motifs is 1. The van der Waals surface area contributed by atoms with Crippen molar-refractivity contribution in [2.75, 3.05) is 5.75 Å². The minimum Gasteiger partial charge on any atom is -0.481 e. The largest absolute Gasteiger partial charge is 0.481 e. The number of aliphatic carboxylic acids is 1. The molecule has 1 saturated carbocycles. The van der Waals surface area contributed by atoms with E-state index in [0.717, 1.165) is 23.8 Å². The lowest BCUT2D eigenvalue weighted by molar-refractivity contribution is -0.133. The molecule has 0 amide bonds. The first-order valence-corrected chi connectivity index (χ1v) is 8.13. The van der Waals surface area contributed by atoms with Crippen LogP contribution in [-0.2, 0) is 11.3 Å². The molecule has 0 spiro atoms. The van der Waals surface area contributed by atoms with Gasteiger partial charge in [0.25, 0.3) is 0 Å². The smallest absolute Gasteiger partial charge is 0.313 e. The molecule has 1 aliphatic carbocycles. The van der Waals surface area contributed by atoms with E-state index in [1.165, 1.54) is 31.7 Å². The van der Waals surface area contributed by atoms with Crippen molar-refractivity contribution >= 4 is 28.8 Å². The van der Waals surface area contributed by atoms with Gasteiger partial charge >= 0.3 is 5.97 Å². The average molecular weight is 308 g/mol. The van der Waals surface area contributed by atoms with Gasteiger partial charge < -0.3 is 9.67 Å². The number of nitrogens with zero attached hydrogens (tertiary/aromatic N) is 2. The Morgan fingerprint density at radius 1 is 1.43 bits per heavy atom. The van der Waals surface area contributed by atoms with Crippen LogP contribution in [0, 0.1) is 11.7 Å². The Kier molecular flexibility index (Phi) is 4.14. The molecule has 1 N–H and O–H groups in total. The summed E-state index contributed by atoms with van der Waals surface area (Å²) in [5, 5.41) is 9.45. The van der Waals surface area contributed by atoms with Crippen molar-refractivity contribution in [3.8, 4) is 0 Å². The third-order valence-electron chi connectivity index (χ3n) is 3.93. The van der Waals surface area contributed by atoms with Gasteiger partial charge in [0, 0.05) is 6.54 Å². The Morgan fingerprint density at radius 3 is 2.90 bits per heavy atom. The molecule has 6 heteroatoms. The van der Waals surface area contributed by atoms with Crippen molar-refractivity contribution < 1.29 is 14.3 Å². The van der Waals surface area contributed by atoms with E-state index in [2.05, 4.69) is 4.98 Å². The summed E-state index contributed by atoms with van der Waals surface area (Å²) in [5.41, 5.74) is 1.10. The summed E-state index contributed by atoms with van der Waals surface area (Å²) < 4.78 is 15.9. The maximum Gasteiger partial charge on any atom is 0.313 e. The van der Waals surface area contributed by atoms with Crippen LogP contribution in [0.15, 0.2) is 23.4 Å². The number of carboxylic acids is 1. The van der Waals surface area contributed by atoms with Crippen molar-refractivity contribution in [1.82, 2.24) is 9.55 Å². The van der Waals surface area contributed by atoms with E-state index in [9.17, 15) is 9.18 Å². The topological polar surface area (TPSA) is 55.1 Å². The molecule has 1 aromatic carbocycles. The van der Waals surface area contributed by atoms with Gasteiger partial charge in [-0.15, -0.1) is 0 Å². The molecule has 1 aromatic heterocycles. The minimum absolute atomic E-state index is 0.0599. The standard InChI is InChI=1S/C15H17FN2O2S/c16-11-6-3-7-12-14(11)17-15(21-9-13(19)20)18(12)8-10-4-1-2-5-10/h3,6-7,10H,1-2,4-5,8-9H2,(H,19,20). The number of carbonyl (C=O) groups is 1. The minimum atomic E-state index is -0.889. The molecule has 112 valence electrons. The predicted molar refractivity (Wildman–Crippen MR) is 80.0 cm³/mol. The van der Waals surface area contributed by atoms with E-state index in [1.54, 1.807) is 6.07 Å². The lowest BCUT2D eigenvalue weighted by Crippen LogP contribution is -2.09. The molecule has 1 fully saturated rings. The number of carboxylic acid groups (broad SMARTS) is 1. The van der Waals surface area contributed by atoms with Crippen LogP contribution in [0.4, 0.5) is 4.39 Å². The number of thioether (sulfide) groups is 1. The first-order chi connectivity index (χ1) is 10.1. The van der Waals surface area contributed by atoms with Gasteiger partial charge in [-0.05, 0) is 30.9 Å². The Labute approximate surface area is 126 Å². The molecule has 21 heavy (non-hydrogen) atoms. The lowest BCUT2D eigenvalue weighted by Gasteiger charge is -2.13. The Balaban J connectivity index is 1.97. The maximum atomic E-state index is 13.9. The van der Waals surface area contributed by atoms with Crippen LogP contribution in [0.1, 0.15) is 25.7 Å². The van der Waals surface area contributed by atoms with Crippen LogP contribution in [-0.4, -0.2) is 26.4 Å². The van der Waals surface area contributed by atoms with Gasteiger partial charge in [0.15, 0.2) is 11.0 Å². The van der Waals surface area contributed by atoms with Crippen molar-refractivity contribution in [1.29, 1.82) is 0 Å². The fourth-order valence-electron chi connectivity index (χ4n) is 2.96. The Bertz CT molecular complexity index is 665. The summed E-state index contributed by atoms with van der Waals surface area (Å²) in [4.78, 5) is 15.1. The van der Waals surface area contributed by atoms with Gasteiger partial charge in [-0.25, -0.2) is 9.37 Å². The number of hydrogen-bond acceptors (Lipinski definition) is 3. The highest BCUT2D eigenvalue weighted by Crippen LogP contribution is 2.31. The summed E-state index contributed by atoms with van der Waals surface area (Å²) in [6.45, 7) is 0.794. The highest BCUT2D eigenvalue weighted by Gasteiger charge is 2.21. The number of para-hydroxylation sites is 1. The van der Waals surface area contributed by atoms with Gasteiger partial charge in [-0.2, -0.15) is 0 Å². The fraction of sp³-hybridized carbons (Fsp3) is 0.467. The van der Waals surface area contributed by atoms with E-state index >= 15 is 0 Å². The highest BCUT2D eigenvalue weighted by molar-refractivity contribution is 7.99. The quantitative estimate of drug-likeness (QED) is 0.858. The molecule has 0 bridgehead atoms. The molecule has 1 heterocycles. The summed E-state index contributed by atoms with van der Waals surface area (Å²) in [6.07, 6.45) is 4.84. The SMILES string of the molecule is O=C(O)CSc1nc2c(F)cccc2n1CC1CCCC1. The lowest BCUT2D eigenvalue weighted by atomic mass is 10.1. The van der Waals surface area contributed by atoms with E-state index in [1.807, 2.05) is 10.6 Å². The third kappa shape index (κ3) is 3.05. The van der Waals surface area contributed by atoms with Crippen LogP contribution < -0.4 is 0 Å². The first-order valence-electron chi connectivity index (χ1n) is 7.14. The van der Waals surface area contributed by atoms with Crippen LogP contribution >= 0.6 is 11.8 Å². The predicted octanol–water partition coefficient (Wildman–Crippen LogP) is 3.54. The summed E-state index contributed by atoms with van der Waals surface area (Å²) >= 11 is 1.16. The number of halogens is 1. The fourth-order valence-corrected chi connectivity index (χ4v) is 3.69. The van der Waals surface area contributed by atoms with E-state index in [4.69, 9.17) is 5.11 Å². The van der Waals surface area contributed by atoms with Crippen LogP contribution in [0.25, 0.3) is 11.0 Å². The molecular weight excluding hydrogens is 291 g/mol.